The van der Waals surface area contributed by atoms with Crippen LogP contribution in [0.5, 0.6) is 5.75 Å². The number of anilines is 1. The van der Waals surface area contributed by atoms with E-state index in [2.05, 4.69) is 34.1 Å². The second-order valence-corrected chi connectivity index (χ2v) is 7.42. The fourth-order valence-electron chi connectivity index (χ4n) is 4.39. The summed E-state index contributed by atoms with van der Waals surface area (Å²) in [6.45, 7) is 5.63. The van der Waals surface area contributed by atoms with Crippen LogP contribution in [0.15, 0.2) is 48.5 Å². The Hall–Kier alpha value is -1.42. The maximum absolute atomic E-state index is 9.43. The number of halogens is 2. The van der Waals surface area contributed by atoms with Gasteiger partial charge in [0.15, 0.2) is 0 Å². The summed E-state index contributed by atoms with van der Waals surface area (Å²) >= 11 is 0. The predicted octanol–water partition coefficient (Wildman–Crippen LogP) is 4.87. The van der Waals surface area contributed by atoms with Gasteiger partial charge < -0.3 is 10.0 Å². The summed E-state index contributed by atoms with van der Waals surface area (Å²) in [4.78, 5) is 5.04. The molecule has 0 amide bonds. The van der Waals surface area contributed by atoms with E-state index < -0.39 is 0 Å². The lowest BCUT2D eigenvalue weighted by atomic mass is 9.81. The maximum Gasteiger partial charge on any atom is 0.115 e. The van der Waals surface area contributed by atoms with Crippen molar-refractivity contribution in [2.75, 3.05) is 37.6 Å². The normalized spacial score (nSPS) is 19.6. The molecule has 5 heteroatoms. The van der Waals surface area contributed by atoms with E-state index in [1.165, 1.54) is 37.9 Å². The first-order valence-electron chi connectivity index (χ1n) is 9.64. The van der Waals surface area contributed by atoms with Crippen LogP contribution >= 0.6 is 24.8 Å². The highest BCUT2D eigenvalue weighted by Crippen LogP contribution is 2.34. The quantitative estimate of drug-likeness (QED) is 0.781. The van der Waals surface area contributed by atoms with Crippen molar-refractivity contribution >= 4 is 30.5 Å². The Morgan fingerprint density at radius 1 is 0.889 bits per heavy atom. The van der Waals surface area contributed by atoms with E-state index in [1.807, 2.05) is 12.1 Å². The number of benzene rings is 2. The summed E-state index contributed by atoms with van der Waals surface area (Å²) < 4.78 is 0. The number of aryl methyl sites for hydroxylation is 1. The number of piperazine rings is 1. The smallest absolute Gasteiger partial charge is 0.115 e. The van der Waals surface area contributed by atoms with Crippen LogP contribution in [0.2, 0.25) is 0 Å². The number of phenolic OH excluding ortho intramolecular Hbond substituents is 1. The van der Waals surface area contributed by atoms with Crippen LogP contribution in [0.25, 0.3) is 0 Å². The summed E-state index contributed by atoms with van der Waals surface area (Å²) in [6, 6.07) is 16.6. The van der Waals surface area contributed by atoms with Gasteiger partial charge in [0.25, 0.3) is 0 Å². The van der Waals surface area contributed by atoms with Crippen LogP contribution in [0.4, 0.5) is 5.69 Å². The summed E-state index contributed by atoms with van der Waals surface area (Å²) in [6.07, 6.45) is 5.25. The van der Waals surface area contributed by atoms with Gasteiger partial charge in [-0.05, 0) is 73.5 Å². The van der Waals surface area contributed by atoms with E-state index in [9.17, 15) is 5.11 Å². The number of nitrogens with zero attached hydrogens (tertiary/aromatic N) is 2. The highest BCUT2D eigenvalue weighted by atomic mass is 35.5. The monoisotopic (exact) mass is 408 g/mol. The molecule has 0 bridgehead atoms. The molecule has 0 spiro atoms. The molecule has 27 heavy (non-hydrogen) atoms. The second kappa shape index (κ2) is 10.2. The molecule has 1 heterocycles. The van der Waals surface area contributed by atoms with Crippen molar-refractivity contribution in [3.63, 3.8) is 0 Å². The van der Waals surface area contributed by atoms with Gasteiger partial charge in [0.2, 0.25) is 0 Å². The average molecular weight is 409 g/mol. The van der Waals surface area contributed by atoms with Crippen LogP contribution < -0.4 is 4.90 Å². The van der Waals surface area contributed by atoms with Crippen molar-refractivity contribution in [1.29, 1.82) is 0 Å². The molecule has 2 aliphatic rings. The Bertz CT molecular complexity index is 700. The van der Waals surface area contributed by atoms with E-state index in [0.29, 0.717) is 5.75 Å². The van der Waals surface area contributed by atoms with Crippen LogP contribution in [0.1, 0.15) is 36.3 Å². The minimum atomic E-state index is 0. The highest BCUT2D eigenvalue weighted by molar-refractivity contribution is 5.85. The molecule has 1 fully saturated rings. The third-order valence-electron chi connectivity index (χ3n) is 5.87. The Labute approximate surface area is 175 Å². The third kappa shape index (κ3) is 5.31. The Morgan fingerprint density at radius 3 is 2.33 bits per heavy atom. The van der Waals surface area contributed by atoms with E-state index in [-0.39, 0.29) is 24.8 Å². The topological polar surface area (TPSA) is 26.7 Å². The number of hydrogen-bond acceptors (Lipinski definition) is 3. The van der Waals surface area contributed by atoms with Gasteiger partial charge in [0.1, 0.15) is 5.75 Å². The minimum Gasteiger partial charge on any atom is -0.508 e. The van der Waals surface area contributed by atoms with Gasteiger partial charge in [-0.3, -0.25) is 4.90 Å². The SMILES string of the molecule is Cl.Cl.Oc1ccc(N2CCN(CCC3CCCc4ccccc43)CC2)cc1. The fraction of sp³-hybridized carbons (Fsp3) is 0.455. The van der Waals surface area contributed by atoms with Gasteiger partial charge in [-0.25, -0.2) is 0 Å². The lowest BCUT2D eigenvalue weighted by molar-refractivity contribution is 0.245. The molecule has 0 radical (unpaired) electrons. The molecule has 0 saturated carbocycles. The summed E-state index contributed by atoms with van der Waals surface area (Å²) in [7, 11) is 0. The van der Waals surface area contributed by atoms with Crippen molar-refractivity contribution in [2.24, 2.45) is 0 Å². The van der Waals surface area contributed by atoms with Gasteiger partial charge in [-0.2, -0.15) is 0 Å². The van der Waals surface area contributed by atoms with E-state index in [4.69, 9.17) is 0 Å². The Balaban J connectivity index is 0.00000131. The predicted molar refractivity (Wildman–Crippen MR) is 118 cm³/mol. The molecule has 1 N–H and O–H groups in total. The molecule has 2 aromatic rings. The van der Waals surface area contributed by atoms with Crippen molar-refractivity contribution < 1.29 is 5.11 Å². The summed E-state index contributed by atoms with van der Waals surface area (Å²) in [5, 5.41) is 9.43. The zero-order valence-electron chi connectivity index (χ0n) is 15.7. The van der Waals surface area contributed by atoms with Gasteiger partial charge in [0, 0.05) is 31.9 Å². The Morgan fingerprint density at radius 2 is 1.59 bits per heavy atom. The molecule has 3 nitrogen and oxygen atoms in total. The maximum atomic E-state index is 9.43. The lowest BCUT2D eigenvalue weighted by Crippen LogP contribution is -2.46. The van der Waals surface area contributed by atoms with Crippen LogP contribution in [-0.2, 0) is 6.42 Å². The van der Waals surface area contributed by atoms with Gasteiger partial charge in [-0.15, -0.1) is 24.8 Å². The summed E-state index contributed by atoms with van der Waals surface area (Å²) in [5.41, 5.74) is 4.41. The molecule has 2 aromatic carbocycles. The molecule has 1 saturated heterocycles. The van der Waals surface area contributed by atoms with Crippen molar-refractivity contribution in [2.45, 2.75) is 31.6 Å². The molecule has 148 valence electrons. The number of fused-ring (bicyclic) bond motifs is 1. The first kappa shape index (κ1) is 21.9. The molecular formula is C22H30Cl2N2O. The third-order valence-corrected chi connectivity index (χ3v) is 5.87. The fourth-order valence-corrected chi connectivity index (χ4v) is 4.39. The highest BCUT2D eigenvalue weighted by Gasteiger charge is 2.22. The number of hydrogen-bond donors (Lipinski definition) is 1. The first-order chi connectivity index (χ1) is 12.3. The van der Waals surface area contributed by atoms with Crippen LogP contribution in [0, 0.1) is 0 Å². The zero-order chi connectivity index (χ0) is 17.1. The zero-order valence-corrected chi connectivity index (χ0v) is 17.4. The van der Waals surface area contributed by atoms with E-state index in [0.717, 1.165) is 32.1 Å². The first-order valence-corrected chi connectivity index (χ1v) is 9.64. The van der Waals surface area contributed by atoms with Gasteiger partial charge >= 0.3 is 0 Å². The molecule has 0 aromatic heterocycles. The second-order valence-electron chi connectivity index (χ2n) is 7.42. The van der Waals surface area contributed by atoms with Crippen LogP contribution in [0.3, 0.4) is 0 Å². The number of aromatic hydroxyl groups is 1. The Kier molecular flexibility index (Phi) is 8.28. The standard InChI is InChI=1S/C22H28N2O.2ClH/c25-21-10-8-20(9-11-21)24-16-14-23(15-17-24)13-12-19-6-3-5-18-4-1-2-7-22(18)19;;/h1-2,4,7-11,19,25H,3,5-6,12-17H2;2*1H. The van der Waals surface area contributed by atoms with Crippen molar-refractivity contribution in [1.82, 2.24) is 4.90 Å². The van der Waals surface area contributed by atoms with E-state index in [1.54, 1.807) is 23.3 Å². The molecule has 1 aliphatic carbocycles. The summed E-state index contributed by atoms with van der Waals surface area (Å²) in [5.74, 6) is 1.09. The number of rotatable bonds is 4. The van der Waals surface area contributed by atoms with Crippen molar-refractivity contribution in [3.8, 4) is 5.75 Å². The largest absolute Gasteiger partial charge is 0.508 e. The van der Waals surface area contributed by atoms with Crippen LogP contribution in [-0.4, -0.2) is 42.7 Å². The lowest BCUT2D eigenvalue weighted by Gasteiger charge is -2.37. The molecule has 1 atom stereocenters. The number of phenols is 1. The molecule has 1 aliphatic heterocycles. The molecular weight excluding hydrogens is 379 g/mol. The minimum absolute atomic E-state index is 0. The van der Waals surface area contributed by atoms with E-state index >= 15 is 0 Å². The molecule has 1 unspecified atom stereocenters. The van der Waals surface area contributed by atoms with Gasteiger partial charge in [-0.1, -0.05) is 24.3 Å². The molecule has 4 rings (SSSR count). The van der Waals surface area contributed by atoms with Crippen molar-refractivity contribution in [3.05, 3.63) is 59.7 Å². The average Bonchev–Trinajstić information content (AvgIpc) is 2.67. The van der Waals surface area contributed by atoms with Gasteiger partial charge in [0.05, 0.1) is 0 Å².